The molecule has 0 amide bonds. The zero-order chi connectivity index (χ0) is 21.6. The Morgan fingerprint density at radius 2 is 1.97 bits per heavy atom. The topological polar surface area (TPSA) is 106 Å². The molecule has 0 atom stereocenters. The van der Waals surface area contributed by atoms with E-state index in [4.69, 9.17) is 10.4 Å². The molecule has 0 saturated carbocycles. The first-order valence-corrected chi connectivity index (χ1v) is 10.2. The van der Waals surface area contributed by atoms with E-state index in [2.05, 4.69) is 56.5 Å². The van der Waals surface area contributed by atoms with Gasteiger partial charge in [-0.15, -0.1) is 0 Å². The first-order chi connectivity index (χ1) is 15.2. The van der Waals surface area contributed by atoms with E-state index >= 15 is 0 Å². The molecule has 156 valence electrons. The SMILES string of the molecule is CCc1cccc(NCc2nc(-c3cc/c(=N/C=N)[nH]c3)c(-c3cccc(C)n3)[nH]2)c1. The van der Waals surface area contributed by atoms with Crippen molar-refractivity contribution in [3.8, 4) is 22.6 Å². The van der Waals surface area contributed by atoms with Crippen molar-refractivity contribution in [2.75, 3.05) is 5.32 Å². The number of nitrogens with one attached hydrogen (secondary N) is 4. The highest BCUT2D eigenvalue weighted by Crippen LogP contribution is 2.28. The van der Waals surface area contributed by atoms with Gasteiger partial charge in [-0.3, -0.25) is 10.4 Å². The first kappa shape index (κ1) is 20.3. The standard InChI is InChI=1S/C24H25N7/c1-3-17-7-5-8-19(12-17)26-14-22-30-23(18-10-11-21(27-13-18)28-15-25)24(31-22)20-9-4-6-16(2)29-20/h4-13,15,26H,3,14H2,1-2H3,(H,30,31)(H2,25,27,28). The number of rotatable bonds is 7. The lowest BCUT2D eigenvalue weighted by molar-refractivity contribution is 0.998. The number of hydrogen-bond acceptors (Lipinski definition) is 4. The minimum Gasteiger partial charge on any atom is -0.378 e. The Morgan fingerprint density at radius 1 is 1.10 bits per heavy atom. The van der Waals surface area contributed by atoms with E-state index in [1.54, 1.807) is 0 Å². The van der Waals surface area contributed by atoms with Crippen LogP contribution in [0.1, 0.15) is 24.0 Å². The molecule has 3 aromatic heterocycles. The van der Waals surface area contributed by atoms with Crippen molar-refractivity contribution >= 4 is 12.0 Å². The van der Waals surface area contributed by atoms with Crippen molar-refractivity contribution in [2.24, 2.45) is 4.99 Å². The Labute approximate surface area is 180 Å². The van der Waals surface area contributed by atoms with Gasteiger partial charge in [-0.25, -0.2) is 9.98 Å². The van der Waals surface area contributed by atoms with Crippen LogP contribution in [-0.4, -0.2) is 26.3 Å². The third-order valence-electron chi connectivity index (χ3n) is 4.97. The molecule has 0 saturated heterocycles. The fourth-order valence-electron chi connectivity index (χ4n) is 3.38. The maximum Gasteiger partial charge on any atom is 0.131 e. The number of H-pyrrole nitrogens is 2. The highest BCUT2D eigenvalue weighted by atomic mass is 15.0. The molecule has 0 radical (unpaired) electrons. The number of aromatic nitrogens is 4. The molecular weight excluding hydrogens is 386 g/mol. The number of hydrogen-bond donors (Lipinski definition) is 4. The Kier molecular flexibility index (Phi) is 6.03. The summed E-state index contributed by atoms with van der Waals surface area (Å²) in [6.07, 6.45) is 3.86. The lowest BCUT2D eigenvalue weighted by Crippen LogP contribution is -2.05. The van der Waals surface area contributed by atoms with Crippen molar-refractivity contribution in [3.05, 3.63) is 83.4 Å². The van der Waals surface area contributed by atoms with Crippen molar-refractivity contribution in [1.82, 2.24) is 19.9 Å². The molecule has 1 aromatic carbocycles. The van der Waals surface area contributed by atoms with Crippen LogP contribution in [0.15, 0.2) is 65.8 Å². The molecular formula is C24H25N7. The van der Waals surface area contributed by atoms with Gasteiger partial charge in [0.15, 0.2) is 0 Å². The molecule has 3 heterocycles. The summed E-state index contributed by atoms with van der Waals surface area (Å²) in [6.45, 7) is 4.69. The van der Waals surface area contributed by atoms with E-state index in [0.29, 0.717) is 12.0 Å². The second-order valence-corrected chi connectivity index (χ2v) is 7.20. The molecule has 0 aliphatic rings. The summed E-state index contributed by atoms with van der Waals surface area (Å²) in [5, 5.41) is 10.6. The number of aryl methyl sites for hydroxylation is 2. The molecule has 0 unspecified atom stereocenters. The average Bonchev–Trinajstić information content (AvgIpc) is 3.23. The van der Waals surface area contributed by atoms with Crippen LogP contribution < -0.4 is 10.8 Å². The number of nitrogens with zero attached hydrogens (tertiary/aromatic N) is 3. The minimum absolute atomic E-state index is 0.566. The monoisotopic (exact) mass is 411 g/mol. The zero-order valence-corrected chi connectivity index (χ0v) is 17.6. The number of benzene rings is 1. The molecule has 0 spiro atoms. The van der Waals surface area contributed by atoms with Crippen molar-refractivity contribution in [1.29, 1.82) is 5.41 Å². The van der Waals surface area contributed by atoms with Crippen LogP contribution in [0, 0.1) is 12.3 Å². The molecule has 4 aromatic rings. The van der Waals surface area contributed by atoms with Gasteiger partial charge in [-0.05, 0) is 55.3 Å². The average molecular weight is 412 g/mol. The van der Waals surface area contributed by atoms with Gasteiger partial charge >= 0.3 is 0 Å². The quantitative estimate of drug-likeness (QED) is 0.266. The van der Waals surface area contributed by atoms with Gasteiger partial charge in [-0.1, -0.05) is 25.1 Å². The second kappa shape index (κ2) is 9.21. The molecule has 0 fully saturated rings. The van der Waals surface area contributed by atoms with Gasteiger partial charge in [0, 0.05) is 23.1 Å². The van der Waals surface area contributed by atoms with Gasteiger partial charge in [-0.2, -0.15) is 0 Å². The van der Waals surface area contributed by atoms with Crippen LogP contribution in [0.3, 0.4) is 0 Å². The largest absolute Gasteiger partial charge is 0.378 e. The van der Waals surface area contributed by atoms with E-state index in [0.717, 1.165) is 52.6 Å². The Morgan fingerprint density at radius 3 is 2.71 bits per heavy atom. The maximum absolute atomic E-state index is 7.13. The van der Waals surface area contributed by atoms with Crippen LogP contribution in [0.2, 0.25) is 0 Å². The molecule has 4 N–H and O–H groups in total. The van der Waals surface area contributed by atoms with Crippen LogP contribution in [0.5, 0.6) is 0 Å². The van der Waals surface area contributed by atoms with Gasteiger partial charge in [0.25, 0.3) is 0 Å². The summed E-state index contributed by atoms with van der Waals surface area (Å²) in [6, 6.07) is 18.1. The van der Waals surface area contributed by atoms with E-state index < -0.39 is 0 Å². The van der Waals surface area contributed by atoms with Crippen LogP contribution in [-0.2, 0) is 13.0 Å². The molecule has 0 aliphatic carbocycles. The smallest absolute Gasteiger partial charge is 0.131 e. The van der Waals surface area contributed by atoms with Crippen LogP contribution >= 0.6 is 0 Å². The first-order valence-electron chi connectivity index (χ1n) is 10.2. The summed E-state index contributed by atoms with van der Waals surface area (Å²) in [5.74, 6) is 0.823. The van der Waals surface area contributed by atoms with Crippen LogP contribution in [0.4, 0.5) is 5.69 Å². The minimum atomic E-state index is 0.566. The third-order valence-corrected chi connectivity index (χ3v) is 4.97. The molecule has 7 nitrogen and oxygen atoms in total. The third kappa shape index (κ3) is 4.78. The highest BCUT2D eigenvalue weighted by Gasteiger charge is 2.15. The fourth-order valence-corrected chi connectivity index (χ4v) is 3.38. The lowest BCUT2D eigenvalue weighted by Gasteiger charge is -2.06. The predicted octanol–water partition coefficient (Wildman–Crippen LogP) is 4.46. The molecule has 0 bridgehead atoms. The van der Waals surface area contributed by atoms with E-state index in [-0.39, 0.29) is 0 Å². The Bertz CT molecular complexity index is 1250. The second-order valence-electron chi connectivity index (χ2n) is 7.20. The van der Waals surface area contributed by atoms with Gasteiger partial charge < -0.3 is 15.3 Å². The predicted molar refractivity (Wildman–Crippen MR) is 124 cm³/mol. The van der Waals surface area contributed by atoms with Crippen molar-refractivity contribution in [3.63, 3.8) is 0 Å². The molecule has 0 aliphatic heterocycles. The normalized spacial score (nSPS) is 11.5. The van der Waals surface area contributed by atoms with E-state index in [9.17, 15) is 0 Å². The van der Waals surface area contributed by atoms with E-state index in [1.165, 1.54) is 5.56 Å². The number of aromatic amines is 2. The number of imidazole rings is 1. The Balaban J connectivity index is 1.69. The molecule has 7 heteroatoms. The Hall–Kier alpha value is -4.00. The maximum atomic E-state index is 7.13. The van der Waals surface area contributed by atoms with Crippen LogP contribution in [0.25, 0.3) is 22.6 Å². The fraction of sp³-hybridized carbons (Fsp3) is 0.167. The summed E-state index contributed by atoms with van der Waals surface area (Å²) < 4.78 is 0. The summed E-state index contributed by atoms with van der Waals surface area (Å²) in [5.41, 5.74) is 7.36. The molecule has 31 heavy (non-hydrogen) atoms. The highest BCUT2D eigenvalue weighted by molar-refractivity contribution is 5.76. The van der Waals surface area contributed by atoms with Gasteiger partial charge in [0.05, 0.1) is 23.6 Å². The molecule has 4 rings (SSSR count). The van der Waals surface area contributed by atoms with Crippen molar-refractivity contribution < 1.29 is 0 Å². The summed E-state index contributed by atoms with van der Waals surface area (Å²) in [4.78, 5) is 20.0. The lowest BCUT2D eigenvalue weighted by atomic mass is 10.1. The van der Waals surface area contributed by atoms with Gasteiger partial charge in [0.2, 0.25) is 0 Å². The van der Waals surface area contributed by atoms with Gasteiger partial charge in [0.1, 0.15) is 17.7 Å². The van der Waals surface area contributed by atoms with Crippen molar-refractivity contribution in [2.45, 2.75) is 26.8 Å². The summed E-state index contributed by atoms with van der Waals surface area (Å²) >= 11 is 0. The van der Waals surface area contributed by atoms with E-state index in [1.807, 2.05) is 43.5 Å². The number of pyridine rings is 2. The summed E-state index contributed by atoms with van der Waals surface area (Å²) in [7, 11) is 0. The number of anilines is 1. The zero-order valence-electron chi connectivity index (χ0n) is 17.6.